The van der Waals surface area contributed by atoms with E-state index in [2.05, 4.69) is 9.97 Å². The molecule has 3 heterocycles. The first-order valence-electron chi connectivity index (χ1n) is 6.23. The van der Waals surface area contributed by atoms with Crippen LogP contribution in [-0.4, -0.2) is 59.8 Å². The van der Waals surface area contributed by atoms with Crippen molar-refractivity contribution in [3.8, 4) is 0 Å². The summed E-state index contributed by atoms with van der Waals surface area (Å²) in [5.41, 5.74) is -2.40. The van der Waals surface area contributed by atoms with Crippen molar-refractivity contribution in [2.24, 2.45) is 0 Å². The number of halogens is 1. The first-order valence-corrected chi connectivity index (χ1v) is 6.23. The fraction of sp³-hybridized carbons (Fsp3) is 0.455. The van der Waals surface area contributed by atoms with Crippen LogP contribution >= 0.6 is 0 Å². The summed E-state index contributed by atoms with van der Waals surface area (Å²) in [6.45, 7) is -0.565. The van der Waals surface area contributed by atoms with Crippen LogP contribution in [0.1, 0.15) is 6.23 Å². The van der Waals surface area contributed by atoms with Crippen molar-refractivity contribution in [3.63, 3.8) is 0 Å². The minimum Gasteiger partial charge on any atom is -0.394 e. The average molecular weight is 314 g/mol. The molecule has 1 aliphatic heterocycles. The van der Waals surface area contributed by atoms with Gasteiger partial charge in [-0.3, -0.25) is 9.36 Å². The number of aromatic amines is 1. The molecule has 0 spiro atoms. The molecular formula is C11H11FN4O6. The van der Waals surface area contributed by atoms with Gasteiger partial charge in [-0.05, 0) is 0 Å². The summed E-state index contributed by atoms with van der Waals surface area (Å²) in [7, 11) is 0. The Hall–Kier alpha value is -2.21. The highest BCUT2D eigenvalue weighted by Crippen LogP contribution is 2.28. The minimum absolute atomic E-state index is 0.144. The molecule has 4 N–H and O–H groups in total. The zero-order chi connectivity index (χ0) is 16.0. The fourth-order valence-electron chi connectivity index (χ4n) is 2.24. The van der Waals surface area contributed by atoms with Gasteiger partial charge in [-0.15, -0.1) is 0 Å². The number of ether oxygens (including phenoxy) is 1. The number of hydrogen-bond acceptors (Lipinski definition) is 8. The predicted molar refractivity (Wildman–Crippen MR) is 67.4 cm³/mol. The second-order valence-electron chi connectivity index (χ2n) is 4.75. The van der Waals surface area contributed by atoms with Crippen LogP contribution in [0, 0.1) is 5.95 Å². The Labute approximate surface area is 120 Å². The van der Waals surface area contributed by atoms with E-state index < -0.39 is 48.3 Å². The van der Waals surface area contributed by atoms with Gasteiger partial charge in [0.25, 0.3) is 5.95 Å². The molecule has 4 unspecified atom stereocenters. The lowest BCUT2D eigenvalue weighted by Gasteiger charge is -2.17. The highest BCUT2D eigenvalue weighted by Gasteiger charge is 2.43. The topological polar surface area (TPSA) is 151 Å². The number of rotatable bonds is 2. The molecule has 0 saturated carbocycles. The third-order valence-electron chi connectivity index (χ3n) is 3.36. The monoisotopic (exact) mass is 314 g/mol. The molecule has 11 heteroatoms. The van der Waals surface area contributed by atoms with E-state index in [4.69, 9.17) is 9.84 Å². The molecule has 1 fully saturated rings. The summed E-state index contributed by atoms with van der Waals surface area (Å²) in [4.78, 5) is 31.9. The van der Waals surface area contributed by atoms with Gasteiger partial charge in [0.05, 0.1) is 6.61 Å². The Morgan fingerprint density at radius 1 is 1.32 bits per heavy atom. The molecule has 0 aliphatic carbocycles. The van der Waals surface area contributed by atoms with Gasteiger partial charge >= 0.3 is 11.2 Å². The van der Waals surface area contributed by atoms with Crippen LogP contribution in [0.25, 0.3) is 11.2 Å². The SMILES string of the molecule is O=c1[nH]c2nc(=O)n(C3OC(CO)C(O)C3O)cc2nc1F. The molecule has 4 atom stereocenters. The van der Waals surface area contributed by atoms with E-state index in [0.29, 0.717) is 0 Å². The number of aliphatic hydroxyl groups excluding tert-OH is 3. The van der Waals surface area contributed by atoms with Crippen molar-refractivity contribution in [2.75, 3.05) is 6.61 Å². The van der Waals surface area contributed by atoms with Crippen molar-refractivity contribution in [1.82, 2.24) is 19.5 Å². The highest BCUT2D eigenvalue weighted by molar-refractivity contribution is 5.67. The molecular weight excluding hydrogens is 303 g/mol. The largest absolute Gasteiger partial charge is 0.394 e. The Bertz CT molecular complexity index is 835. The second kappa shape index (κ2) is 5.21. The van der Waals surface area contributed by atoms with Crippen molar-refractivity contribution in [3.05, 3.63) is 33.0 Å². The molecule has 0 radical (unpaired) electrons. The van der Waals surface area contributed by atoms with Crippen molar-refractivity contribution in [2.45, 2.75) is 24.5 Å². The summed E-state index contributed by atoms with van der Waals surface area (Å²) >= 11 is 0. The molecule has 22 heavy (non-hydrogen) atoms. The van der Waals surface area contributed by atoms with Gasteiger partial charge in [0.1, 0.15) is 23.8 Å². The van der Waals surface area contributed by atoms with E-state index in [0.717, 1.165) is 10.8 Å². The maximum atomic E-state index is 13.2. The first-order chi connectivity index (χ1) is 10.4. The maximum absolute atomic E-state index is 13.2. The molecule has 0 amide bonds. The van der Waals surface area contributed by atoms with Crippen molar-refractivity contribution in [1.29, 1.82) is 0 Å². The third-order valence-corrected chi connectivity index (χ3v) is 3.36. The number of nitrogens with one attached hydrogen (secondary N) is 1. The van der Waals surface area contributed by atoms with E-state index in [9.17, 15) is 24.2 Å². The normalized spacial score (nSPS) is 28.4. The summed E-state index contributed by atoms with van der Waals surface area (Å²) in [5.74, 6) is -1.30. The molecule has 1 aliphatic rings. The molecule has 118 valence electrons. The summed E-state index contributed by atoms with van der Waals surface area (Å²) < 4.78 is 19.2. The molecule has 2 aromatic heterocycles. The van der Waals surface area contributed by atoms with Gasteiger partial charge in [0.15, 0.2) is 11.9 Å². The predicted octanol–water partition coefficient (Wildman–Crippen LogP) is -2.77. The van der Waals surface area contributed by atoms with Crippen molar-refractivity contribution >= 4 is 11.2 Å². The number of fused-ring (bicyclic) bond motifs is 1. The lowest BCUT2D eigenvalue weighted by molar-refractivity contribution is -0.0547. The van der Waals surface area contributed by atoms with Crippen LogP contribution in [0.5, 0.6) is 0 Å². The van der Waals surface area contributed by atoms with Gasteiger partial charge in [0.2, 0.25) is 0 Å². The number of H-pyrrole nitrogens is 1. The molecule has 2 aromatic rings. The van der Waals surface area contributed by atoms with E-state index >= 15 is 0 Å². The average Bonchev–Trinajstić information content (AvgIpc) is 2.76. The first kappa shape index (κ1) is 14.7. The van der Waals surface area contributed by atoms with Gasteiger partial charge in [0, 0.05) is 6.20 Å². The van der Waals surface area contributed by atoms with Crippen LogP contribution in [-0.2, 0) is 4.74 Å². The van der Waals surface area contributed by atoms with E-state index in [-0.39, 0.29) is 11.2 Å². The molecule has 10 nitrogen and oxygen atoms in total. The van der Waals surface area contributed by atoms with Crippen LogP contribution in [0.2, 0.25) is 0 Å². The highest BCUT2D eigenvalue weighted by atomic mass is 19.1. The van der Waals surface area contributed by atoms with Crippen LogP contribution in [0.3, 0.4) is 0 Å². The van der Waals surface area contributed by atoms with E-state index in [1.807, 2.05) is 4.98 Å². The third kappa shape index (κ3) is 2.20. The number of hydrogen-bond donors (Lipinski definition) is 4. The zero-order valence-corrected chi connectivity index (χ0v) is 10.9. The van der Waals surface area contributed by atoms with Crippen molar-refractivity contribution < 1.29 is 24.4 Å². The summed E-state index contributed by atoms with van der Waals surface area (Å²) in [6.07, 6.45) is -4.28. The fourth-order valence-corrected chi connectivity index (χ4v) is 2.24. The zero-order valence-electron chi connectivity index (χ0n) is 10.9. The van der Waals surface area contributed by atoms with E-state index in [1.54, 1.807) is 0 Å². The maximum Gasteiger partial charge on any atom is 0.351 e. The lowest BCUT2D eigenvalue weighted by atomic mass is 10.1. The second-order valence-corrected chi connectivity index (χ2v) is 4.75. The molecule has 3 rings (SSSR count). The number of nitrogens with zero attached hydrogens (tertiary/aromatic N) is 3. The van der Waals surface area contributed by atoms with Gasteiger partial charge < -0.3 is 25.0 Å². The van der Waals surface area contributed by atoms with Crippen LogP contribution in [0.4, 0.5) is 4.39 Å². The minimum atomic E-state index is -1.50. The number of aliphatic hydroxyl groups is 3. The standard InChI is InChI=1S/C11H11FN4O6/c12-7-9(20)14-8-3(13-7)1-16(11(21)15-8)10-6(19)5(18)4(2-17)22-10/h1,4-6,10,17-19H,2H2,(H,14,15,20,21). The van der Waals surface area contributed by atoms with Gasteiger partial charge in [-0.1, -0.05) is 0 Å². The van der Waals surface area contributed by atoms with Gasteiger partial charge in [-0.2, -0.15) is 9.37 Å². The smallest absolute Gasteiger partial charge is 0.351 e. The number of aromatic nitrogens is 4. The van der Waals surface area contributed by atoms with Crippen LogP contribution < -0.4 is 11.2 Å². The molecule has 1 saturated heterocycles. The quantitative estimate of drug-likeness (QED) is 0.465. The Morgan fingerprint density at radius 3 is 2.68 bits per heavy atom. The molecule has 0 aromatic carbocycles. The Morgan fingerprint density at radius 2 is 2.05 bits per heavy atom. The Balaban J connectivity index is 2.12. The van der Waals surface area contributed by atoms with Gasteiger partial charge in [-0.25, -0.2) is 9.78 Å². The summed E-state index contributed by atoms with van der Waals surface area (Å²) in [5, 5.41) is 28.6. The van der Waals surface area contributed by atoms with E-state index in [1.165, 1.54) is 0 Å². The summed E-state index contributed by atoms with van der Waals surface area (Å²) in [6, 6.07) is 0. The lowest BCUT2D eigenvalue weighted by Crippen LogP contribution is -2.36. The Kier molecular flexibility index (Phi) is 3.48. The molecule has 0 bridgehead atoms. The van der Waals surface area contributed by atoms with Crippen LogP contribution in [0.15, 0.2) is 15.8 Å².